The van der Waals surface area contributed by atoms with Crippen LogP contribution in [0.2, 0.25) is 0 Å². The van der Waals surface area contributed by atoms with Crippen LogP contribution in [0.25, 0.3) is 0 Å². The number of aromatic nitrogens is 1. The van der Waals surface area contributed by atoms with Crippen LogP contribution in [0.3, 0.4) is 0 Å². The van der Waals surface area contributed by atoms with Crippen molar-refractivity contribution in [3.8, 4) is 0 Å². The van der Waals surface area contributed by atoms with Crippen LogP contribution in [-0.2, 0) is 16.1 Å². The summed E-state index contributed by atoms with van der Waals surface area (Å²) in [5.74, 6) is -2.11. The van der Waals surface area contributed by atoms with Crippen LogP contribution >= 0.6 is 0 Å². The van der Waals surface area contributed by atoms with Crippen LogP contribution in [0.15, 0.2) is 73.1 Å². The molecular weight excluding hydrogens is 452 g/mol. The van der Waals surface area contributed by atoms with Gasteiger partial charge >= 0.3 is 11.8 Å². The minimum Gasteiger partial charge on any atom is -0.369 e. The molecule has 2 amide bonds. The lowest BCUT2D eigenvalue weighted by Crippen LogP contribution is -2.50. The summed E-state index contributed by atoms with van der Waals surface area (Å²) in [5.41, 5.74) is 2.60. The molecule has 0 spiro atoms. The Morgan fingerprint density at radius 2 is 1.49 bits per heavy atom. The summed E-state index contributed by atoms with van der Waals surface area (Å²) in [6.45, 7) is 3.31. The molecule has 1 unspecified atom stereocenters. The van der Waals surface area contributed by atoms with E-state index >= 15 is 0 Å². The number of hydrogen-bond acceptors (Lipinski definition) is 5. The summed E-state index contributed by atoms with van der Waals surface area (Å²) in [6, 6.07) is 15.8. The highest BCUT2D eigenvalue weighted by Crippen LogP contribution is 2.23. The van der Waals surface area contributed by atoms with E-state index in [2.05, 4.69) is 25.4 Å². The van der Waals surface area contributed by atoms with Crippen molar-refractivity contribution in [1.29, 1.82) is 0 Å². The predicted octanol–water partition coefficient (Wildman–Crippen LogP) is 2.66. The van der Waals surface area contributed by atoms with E-state index in [9.17, 15) is 18.4 Å². The van der Waals surface area contributed by atoms with Crippen LogP contribution in [0.1, 0.15) is 17.2 Å². The Balaban J connectivity index is 1.34. The predicted molar refractivity (Wildman–Crippen MR) is 128 cm³/mol. The lowest BCUT2D eigenvalue weighted by atomic mass is 10.1. The molecule has 1 saturated heterocycles. The molecular formula is C26H27F2N5O2. The van der Waals surface area contributed by atoms with Gasteiger partial charge in [0.1, 0.15) is 11.6 Å². The average molecular weight is 480 g/mol. The molecule has 1 aliphatic heterocycles. The fraction of sp³-hybridized carbons (Fsp3) is 0.269. The highest BCUT2D eigenvalue weighted by atomic mass is 19.1. The molecule has 2 N–H and O–H groups in total. The molecule has 1 fully saturated rings. The van der Waals surface area contributed by atoms with Gasteiger partial charge in [-0.05, 0) is 53.6 Å². The van der Waals surface area contributed by atoms with Gasteiger partial charge < -0.3 is 15.5 Å². The Morgan fingerprint density at radius 3 is 2.11 bits per heavy atom. The van der Waals surface area contributed by atoms with E-state index in [-0.39, 0.29) is 30.8 Å². The number of nitrogens with one attached hydrogen (secondary N) is 2. The number of amides is 2. The molecule has 9 heteroatoms. The van der Waals surface area contributed by atoms with Crippen molar-refractivity contribution >= 4 is 17.5 Å². The minimum absolute atomic E-state index is 0.129. The number of hydrogen-bond donors (Lipinski definition) is 2. The molecule has 0 aliphatic carbocycles. The van der Waals surface area contributed by atoms with Gasteiger partial charge in [-0.3, -0.25) is 19.5 Å². The molecule has 1 atom stereocenters. The molecule has 1 aliphatic rings. The van der Waals surface area contributed by atoms with Gasteiger partial charge in [0.05, 0.1) is 6.04 Å². The van der Waals surface area contributed by atoms with Gasteiger partial charge in [0.2, 0.25) is 0 Å². The Hall–Kier alpha value is -3.85. The van der Waals surface area contributed by atoms with Gasteiger partial charge in [-0.1, -0.05) is 18.2 Å². The second-order valence-electron chi connectivity index (χ2n) is 8.32. The van der Waals surface area contributed by atoms with Crippen molar-refractivity contribution in [2.75, 3.05) is 37.6 Å². The van der Waals surface area contributed by atoms with E-state index in [0.29, 0.717) is 5.56 Å². The minimum atomic E-state index is -0.750. The van der Waals surface area contributed by atoms with E-state index in [0.717, 1.165) is 37.4 Å². The molecule has 1 aromatic heterocycles. The summed E-state index contributed by atoms with van der Waals surface area (Å²) in [6.07, 6.45) is 3.45. The molecule has 3 aromatic rings. The number of carbonyl (C=O) groups excluding carboxylic acids is 2. The number of pyridine rings is 1. The van der Waals surface area contributed by atoms with Gasteiger partial charge in [-0.2, -0.15) is 0 Å². The van der Waals surface area contributed by atoms with Gasteiger partial charge in [0.15, 0.2) is 0 Å². The standard InChI is InChI=1S/C26H27F2N5O2/c27-21-5-3-19(4-6-21)16-30-25(34)26(35)31-18-24(20-2-1-11-29-17-20)33-14-12-32(13-15-33)23-9-7-22(28)8-10-23/h1-11,17,24H,12-16,18H2,(H,30,34)(H,31,35). The molecule has 0 bridgehead atoms. The zero-order chi connectivity index (χ0) is 24.6. The molecule has 182 valence electrons. The highest BCUT2D eigenvalue weighted by Gasteiger charge is 2.26. The molecule has 2 heterocycles. The van der Waals surface area contributed by atoms with Crippen molar-refractivity contribution in [3.63, 3.8) is 0 Å². The SMILES string of the molecule is O=C(NCc1ccc(F)cc1)C(=O)NCC(c1cccnc1)N1CCN(c2ccc(F)cc2)CC1. The second-order valence-corrected chi connectivity index (χ2v) is 8.32. The van der Waals surface area contributed by atoms with E-state index in [1.807, 2.05) is 12.1 Å². The maximum absolute atomic E-state index is 13.3. The number of carbonyl (C=O) groups is 2. The fourth-order valence-corrected chi connectivity index (χ4v) is 4.11. The molecule has 2 aromatic carbocycles. The van der Waals surface area contributed by atoms with Crippen LogP contribution in [-0.4, -0.2) is 54.4 Å². The Morgan fingerprint density at radius 1 is 0.857 bits per heavy atom. The van der Waals surface area contributed by atoms with E-state index < -0.39 is 11.8 Å². The van der Waals surface area contributed by atoms with Crippen molar-refractivity contribution in [3.05, 3.63) is 95.8 Å². The molecule has 4 rings (SSSR count). The first kappa shape index (κ1) is 24.3. The lowest BCUT2D eigenvalue weighted by Gasteiger charge is -2.40. The maximum atomic E-state index is 13.3. The average Bonchev–Trinajstić information content (AvgIpc) is 2.89. The monoisotopic (exact) mass is 479 g/mol. The number of piperazine rings is 1. The molecule has 0 radical (unpaired) electrons. The zero-order valence-corrected chi connectivity index (χ0v) is 19.2. The van der Waals surface area contributed by atoms with E-state index in [4.69, 9.17) is 0 Å². The van der Waals surface area contributed by atoms with Gasteiger partial charge in [0, 0.05) is 57.3 Å². The first-order chi connectivity index (χ1) is 17.0. The van der Waals surface area contributed by atoms with Crippen LogP contribution < -0.4 is 15.5 Å². The van der Waals surface area contributed by atoms with Gasteiger partial charge in [-0.25, -0.2) is 8.78 Å². The largest absolute Gasteiger partial charge is 0.369 e. The Labute approximate surface area is 202 Å². The van der Waals surface area contributed by atoms with E-state index in [1.165, 1.54) is 24.3 Å². The fourth-order valence-electron chi connectivity index (χ4n) is 4.11. The molecule has 0 saturated carbocycles. The zero-order valence-electron chi connectivity index (χ0n) is 19.2. The summed E-state index contributed by atoms with van der Waals surface area (Å²) in [5, 5.41) is 5.29. The lowest BCUT2D eigenvalue weighted by molar-refractivity contribution is -0.139. The number of anilines is 1. The topological polar surface area (TPSA) is 77.6 Å². The van der Waals surface area contributed by atoms with Gasteiger partial charge in [-0.15, -0.1) is 0 Å². The molecule has 7 nitrogen and oxygen atoms in total. The number of halogens is 2. The van der Waals surface area contributed by atoms with Crippen LogP contribution in [0, 0.1) is 11.6 Å². The van der Waals surface area contributed by atoms with Crippen molar-refractivity contribution in [2.24, 2.45) is 0 Å². The van der Waals surface area contributed by atoms with Crippen LogP contribution in [0.4, 0.5) is 14.5 Å². The number of benzene rings is 2. The summed E-state index contributed by atoms with van der Waals surface area (Å²) < 4.78 is 26.3. The number of nitrogens with zero attached hydrogens (tertiary/aromatic N) is 3. The van der Waals surface area contributed by atoms with E-state index in [1.54, 1.807) is 36.7 Å². The first-order valence-electron chi connectivity index (χ1n) is 11.4. The summed E-state index contributed by atoms with van der Waals surface area (Å²) in [4.78, 5) is 33.4. The highest BCUT2D eigenvalue weighted by molar-refractivity contribution is 6.35. The smallest absolute Gasteiger partial charge is 0.309 e. The summed E-state index contributed by atoms with van der Waals surface area (Å²) in [7, 11) is 0. The Bertz CT molecular complexity index is 1120. The third-order valence-electron chi connectivity index (χ3n) is 6.04. The normalized spacial score (nSPS) is 14.9. The van der Waals surface area contributed by atoms with Crippen molar-refractivity contribution in [2.45, 2.75) is 12.6 Å². The number of rotatable bonds is 7. The first-order valence-corrected chi connectivity index (χ1v) is 11.4. The summed E-state index contributed by atoms with van der Waals surface area (Å²) >= 11 is 0. The maximum Gasteiger partial charge on any atom is 0.309 e. The second kappa shape index (κ2) is 11.5. The quantitative estimate of drug-likeness (QED) is 0.510. The van der Waals surface area contributed by atoms with Crippen LogP contribution in [0.5, 0.6) is 0 Å². The van der Waals surface area contributed by atoms with Crippen molar-refractivity contribution < 1.29 is 18.4 Å². The third kappa shape index (κ3) is 6.60. The third-order valence-corrected chi connectivity index (χ3v) is 6.04. The van der Waals surface area contributed by atoms with Crippen molar-refractivity contribution in [1.82, 2.24) is 20.5 Å². The molecule has 35 heavy (non-hydrogen) atoms. The Kier molecular flexibility index (Phi) is 7.99. The van der Waals surface area contributed by atoms with Gasteiger partial charge in [0.25, 0.3) is 0 Å².